The van der Waals surface area contributed by atoms with E-state index in [1.165, 1.54) is 12.2 Å². The Morgan fingerprint density at radius 2 is 2.54 bits per heavy atom. The maximum Gasteiger partial charge on any atom is 0.356 e. The van der Waals surface area contributed by atoms with Crippen molar-refractivity contribution in [1.29, 1.82) is 0 Å². The van der Waals surface area contributed by atoms with Crippen LogP contribution in [0.3, 0.4) is 0 Å². The maximum atomic E-state index is 11.0. The van der Waals surface area contributed by atoms with Gasteiger partial charge < -0.3 is 4.74 Å². The minimum Gasteiger partial charge on any atom is -0.461 e. The van der Waals surface area contributed by atoms with Gasteiger partial charge in [0, 0.05) is 6.08 Å². The van der Waals surface area contributed by atoms with E-state index in [0.717, 1.165) is 0 Å². The second-order valence-corrected chi connectivity index (χ2v) is 2.29. The Kier molecular flexibility index (Phi) is 2.73. The van der Waals surface area contributed by atoms with Crippen molar-refractivity contribution in [2.45, 2.75) is 13.1 Å². The average Bonchev–Trinajstić information content (AvgIpc) is 2.52. The molecule has 0 saturated heterocycles. The monoisotopic (exact) mass is 184 g/mol. The Morgan fingerprint density at radius 3 is 3.00 bits per heavy atom. The topological polar surface area (TPSA) is 81.8 Å². The van der Waals surface area contributed by atoms with Crippen LogP contribution in [0.1, 0.15) is 6.92 Å². The van der Waals surface area contributed by atoms with Crippen LogP contribution in [-0.4, -0.2) is 29.4 Å². The lowest BCUT2D eigenvalue weighted by atomic mass is 10.4. The van der Waals surface area contributed by atoms with Crippen LogP contribution in [0.4, 0.5) is 0 Å². The zero-order valence-electron chi connectivity index (χ0n) is 6.97. The fourth-order valence-electron chi connectivity index (χ4n) is 0.849. The normalized spacial score (nSPS) is 19.8. The van der Waals surface area contributed by atoms with Gasteiger partial charge in [0.1, 0.15) is 0 Å². The summed E-state index contributed by atoms with van der Waals surface area (Å²) in [5.41, 5.74) is 0.00329. The van der Waals surface area contributed by atoms with Gasteiger partial charge in [0.15, 0.2) is 5.71 Å². The molecule has 0 spiro atoms. The molecule has 6 nitrogen and oxygen atoms in total. The van der Waals surface area contributed by atoms with Gasteiger partial charge in [-0.2, -0.15) is 0 Å². The van der Waals surface area contributed by atoms with Crippen molar-refractivity contribution in [3.8, 4) is 0 Å². The summed E-state index contributed by atoms with van der Waals surface area (Å²) in [6.45, 7) is 1.89. The number of aliphatic imine (C=N–C) groups is 1. The first kappa shape index (κ1) is 9.37. The molecule has 0 saturated carbocycles. The fraction of sp³-hybridized carbons (Fsp3) is 0.429. The summed E-state index contributed by atoms with van der Waals surface area (Å²) in [7, 11) is 0. The molecular weight excluding hydrogens is 176 g/mol. The molecule has 0 bridgehead atoms. The molecule has 0 amide bonds. The molecular formula is C7H8N2O4. The van der Waals surface area contributed by atoms with Crippen LogP contribution >= 0.6 is 0 Å². The van der Waals surface area contributed by atoms with Crippen molar-refractivity contribution in [3.63, 3.8) is 0 Å². The summed E-state index contributed by atoms with van der Waals surface area (Å²) in [6.07, 6.45) is 1.40. The summed E-state index contributed by atoms with van der Waals surface area (Å²) in [5, 5.41) is 10.2. The lowest BCUT2D eigenvalue weighted by molar-refractivity contribution is -0.506. The van der Waals surface area contributed by atoms with E-state index < -0.39 is 17.1 Å². The van der Waals surface area contributed by atoms with E-state index in [9.17, 15) is 14.9 Å². The van der Waals surface area contributed by atoms with E-state index in [-0.39, 0.29) is 12.3 Å². The largest absolute Gasteiger partial charge is 0.461 e. The lowest BCUT2D eigenvalue weighted by Crippen LogP contribution is -2.16. The summed E-state index contributed by atoms with van der Waals surface area (Å²) in [6, 6.07) is 0. The highest BCUT2D eigenvalue weighted by molar-refractivity contribution is 6.41. The second kappa shape index (κ2) is 3.79. The molecule has 0 unspecified atom stereocenters. The quantitative estimate of drug-likeness (QED) is 0.355. The van der Waals surface area contributed by atoms with Gasteiger partial charge in [-0.15, -0.1) is 0 Å². The number of hydrogen-bond donors (Lipinski definition) is 0. The van der Waals surface area contributed by atoms with E-state index in [4.69, 9.17) is 0 Å². The predicted octanol–water partition coefficient (Wildman–Crippen LogP) is 0.163. The van der Waals surface area contributed by atoms with Crippen molar-refractivity contribution in [3.05, 3.63) is 22.3 Å². The van der Waals surface area contributed by atoms with E-state index in [0.29, 0.717) is 0 Å². The molecule has 13 heavy (non-hydrogen) atoms. The second-order valence-electron chi connectivity index (χ2n) is 2.29. The van der Waals surface area contributed by atoms with Crippen LogP contribution in [0.25, 0.3) is 0 Å². The summed E-state index contributed by atoms with van der Waals surface area (Å²) >= 11 is 0. The van der Waals surface area contributed by atoms with Gasteiger partial charge in [-0.1, -0.05) is 0 Å². The molecule has 1 aliphatic heterocycles. The third kappa shape index (κ3) is 2.11. The first-order chi connectivity index (χ1) is 6.15. The number of rotatable bonds is 3. The SMILES string of the molecule is CCOC(=O)C1=N[C@H]([N+](=O)[O-])C=C1. The van der Waals surface area contributed by atoms with Crippen molar-refractivity contribution in [2.75, 3.05) is 6.61 Å². The Balaban J connectivity index is 2.65. The van der Waals surface area contributed by atoms with Crippen molar-refractivity contribution < 1.29 is 14.5 Å². The predicted molar refractivity (Wildman–Crippen MR) is 44.0 cm³/mol. The highest BCUT2D eigenvalue weighted by Gasteiger charge is 2.24. The number of carbonyl (C=O) groups is 1. The lowest BCUT2D eigenvalue weighted by Gasteiger charge is -1.97. The van der Waals surface area contributed by atoms with Crippen LogP contribution < -0.4 is 0 Å². The number of esters is 1. The van der Waals surface area contributed by atoms with Gasteiger partial charge in [0.25, 0.3) is 0 Å². The Morgan fingerprint density at radius 1 is 1.85 bits per heavy atom. The van der Waals surface area contributed by atoms with Gasteiger partial charge >= 0.3 is 12.1 Å². The van der Waals surface area contributed by atoms with Crippen LogP contribution in [0.15, 0.2) is 17.1 Å². The average molecular weight is 184 g/mol. The van der Waals surface area contributed by atoms with E-state index in [1.54, 1.807) is 6.92 Å². The zero-order chi connectivity index (χ0) is 9.84. The third-order valence-corrected chi connectivity index (χ3v) is 1.40. The smallest absolute Gasteiger partial charge is 0.356 e. The van der Waals surface area contributed by atoms with Gasteiger partial charge in [-0.05, 0) is 13.0 Å². The Hall–Kier alpha value is -1.72. The molecule has 0 fully saturated rings. The van der Waals surface area contributed by atoms with Crippen LogP contribution in [0.2, 0.25) is 0 Å². The summed E-state index contributed by atoms with van der Waals surface area (Å²) in [4.78, 5) is 24.2. The standard InChI is InChI=1S/C7H8N2O4/c1-2-13-7(10)5-3-4-6(8-5)9(11)12/h3-4,6H,2H2,1H3/t6-/m1/s1. The van der Waals surface area contributed by atoms with Crippen molar-refractivity contribution >= 4 is 11.7 Å². The molecule has 1 heterocycles. The van der Waals surface area contributed by atoms with Gasteiger partial charge in [0.2, 0.25) is 0 Å². The molecule has 1 atom stereocenters. The molecule has 0 radical (unpaired) electrons. The van der Waals surface area contributed by atoms with Crippen LogP contribution in [0.5, 0.6) is 0 Å². The molecule has 0 aromatic carbocycles. The Bertz CT molecular complexity index is 295. The summed E-state index contributed by atoms with van der Waals surface area (Å²) in [5.74, 6) is -0.622. The first-order valence-corrected chi connectivity index (χ1v) is 3.71. The first-order valence-electron chi connectivity index (χ1n) is 3.71. The van der Waals surface area contributed by atoms with Gasteiger partial charge in [-0.25, -0.2) is 9.79 Å². The minimum atomic E-state index is -1.14. The number of ether oxygens (including phenoxy) is 1. The maximum absolute atomic E-state index is 11.0. The Labute approximate surface area is 74.1 Å². The van der Waals surface area contributed by atoms with E-state index in [2.05, 4.69) is 9.73 Å². The molecule has 0 aliphatic carbocycles. The molecule has 0 aromatic rings. The third-order valence-electron chi connectivity index (χ3n) is 1.40. The number of nitrogens with zero attached hydrogens (tertiary/aromatic N) is 2. The van der Waals surface area contributed by atoms with Crippen molar-refractivity contribution in [2.24, 2.45) is 4.99 Å². The number of carbonyl (C=O) groups excluding carboxylic acids is 1. The molecule has 6 heteroatoms. The fourth-order valence-corrected chi connectivity index (χ4v) is 0.849. The molecule has 70 valence electrons. The molecule has 0 aromatic heterocycles. The van der Waals surface area contributed by atoms with Crippen molar-refractivity contribution in [1.82, 2.24) is 0 Å². The van der Waals surface area contributed by atoms with Crippen LogP contribution in [-0.2, 0) is 9.53 Å². The molecule has 1 rings (SSSR count). The van der Waals surface area contributed by atoms with E-state index >= 15 is 0 Å². The van der Waals surface area contributed by atoms with Gasteiger partial charge in [0.05, 0.1) is 11.5 Å². The number of nitro groups is 1. The summed E-state index contributed by atoms with van der Waals surface area (Å²) < 4.78 is 4.61. The van der Waals surface area contributed by atoms with E-state index in [1.807, 2.05) is 0 Å². The molecule has 0 N–H and O–H groups in total. The minimum absolute atomic E-state index is 0.00329. The van der Waals surface area contributed by atoms with Crippen LogP contribution in [0, 0.1) is 10.1 Å². The number of hydrogen-bond acceptors (Lipinski definition) is 5. The zero-order valence-corrected chi connectivity index (χ0v) is 6.97. The highest BCUT2D eigenvalue weighted by atomic mass is 16.6. The molecule has 1 aliphatic rings. The van der Waals surface area contributed by atoms with Gasteiger partial charge in [-0.3, -0.25) is 10.1 Å². The highest BCUT2D eigenvalue weighted by Crippen LogP contribution is 2.05.